The topological polar surface area (TPSA) is 55.3 Å². The Kier molecular flexibility index (Phi) is 3.61. The summed E-state index contributed by atoms with van der Waals surface area (Å²) in [4.78, 5) is 2.55. The Morgan fingerprint density at radius 3 is 3.06 bits per heavy atom. The molecule has 4 nitrogen and oxygen atoms in total. The molecule has 90 valence electrons. The summed E-state index contributed by atoms with van der Waals surface area (Å²) in [7, 11) is 0. The highest BCUT2D eigenvalue weighted by Gasteiger charge is 2.27. The van der Waals surface area contributed by atoms with Gasteiger partial charge in [0.1, 0.15) is 5.76 Å². The van der Waals surface area contributed by atoms with E-state index in [2.05, 4.69) is 23.9 Å². The number of rotatable bonds is 4. The standard InChI is InChI=1S/C12H21N3O/c1-9(2)15-5-3-4-11(15)7-12-6-10(8-13)14-16-12/h6,9,11H,3-5,7-8,13H2,1-2H3. The first kappa shape index (κ1) is 11.6. The molecule has 0 spiro atoms. The van der Waals surface area contributed by atoms with E-state index in [1.807, 2.05) is 6.07 Å². The Balaban J connectivity index is 1.98. The van der Waals surface area contributed by atoms with Crippen LogP contribution < -0.4 is 5.73 Å². The smallest absolute Gasteiger partial charge is 0.138 e. The van der Waals surface area contributed by atoms with Crippen LogP contribution in [0.15, 0.2) is 10.6 Å². The predicted octanol–water partition coefficient (Wildman–Crippen LogP) is 1.55. The summed E-state index contributed by atoms with van der Waals surface area (Å²) >= 11 is 0. The molecule has 1 aromatic rings. The van der Waals surface area contributed by atoms with E-state index in [0.717, 1.165) is 17.9 Å². The molecule has 2 rings (SSSR count). The van der Waals surface area contributed by atoms with Gasteiger partial charge in [-0.2, -0.15) is 0 Å². The van der Waals surface area contributed by atoms with E-state index in [4.69, 9.17) is 10.3 Å². The highest BCUT2D eigenvalue weighted by Crippen LogP contribution is 2.23. The summed E-state index contributed by atoms with van der Waals surface area (Å²) in [5.41, 5.74) is 6.36. The van der Waals surface area contributed by atoms with Crippen molar-refractivity contribution in [3.05, 3.63) is 17.5 Å². The Morgan fingerprint density at radius 2 is 2.44 bits per heavy atom. The van der Waals surface area contributed by atoms with Crippen molar-refractivity contribution >= 4 is 0 Å². The molecule has 0 radical (unpaired) electrons. The SMILES string of the molecule is CC(C)N1CCCC1Cc1cc(CN)no1. The van der Waals surface area contributed by atoms with E-state index in [1.165, 1.54) is 19.4 Å². The Labute approximate surface area is 96.8 Å². The predicted molar refractivity (Wildman–Crippen MR) is 63.0 cm³/mol. The highest BCUT2D eigenvalue weighted by molar-refractivity contribution is 5.07. The summed E-state index contributed by atoms with van der Waals surface area (Å²) in [6.45, 7) is 6.18. The Hall–Kier alpha value is -0.870. The summed E-state index contributed by atoms with van der Waals surface area (Å²) in [5.74, 6) is 0.970. The van der Waals surface area contributed by atoms with E-state index in [-0.39, 0.29) is 0 Å². The van der Waals surface area contributed by atoms with Crippen molar-refractivity contribution < 1.29 is 4.52 Å². The van der Waals surface area contributed by atoms with Gasteiger partial charge in [-0.05, 0) is 33.2 Å². The molecule has 0 aliphatic carbocycles. The number of nitrogens with zero attached hydrogens (tertiary/aromatic N) is 2. The fourth-order valence-corrected chi connectivity index (χ4v) is 2.54. The van der Waals surface area contributed by atoms with Crippen LogP contribution in [0.2, 0.25) is 0 Å². The molecule has 1 aromatic heterocycles. The molecule has 1 atom stereocenters. The van der Waals surface area contributed by atoms with E-state index in [9.17, 15) is 0 Å². The molecule has 1 aliphatic rings. The number of aromatic nitrogens is 1. The molecule has 1 saturated heterocycles. The van der Waals surface area contributed by atoms with Crippen LogP contribution in [0.1, 0.15) is 38.1 Å². The molecule has 0 saturated carbocycles. The van der Waals surface area contributed by atoms with Crippen LogP contribution in [-0.4, -0.2) is 28.7 Å². The number of hydrogen-bond acceptors (Lipinski definition) is 4. The molecule has 2 N–H and O–H groups in total. The lowest BCUT2D eigenvalue weighted by Gasteiger charge is -2.27. The van der Waals surface area contributed by atoms with Crippen molar-refractivity contribution in [3.63, 3.8) is 0 Å². The van der Waals surface area contributed by atoms with Gasteiger partial charge in [0.25, 0.3) is 0 Å². The Morgan fingerprint density at radius 1 is 1.62 bits per heavy atom. The molecule has 1 aliphatic heterocycles. The lowest BCUT2D eigenvalue weighted by molar-refractivity contribution is 0.193. The summed E-state index contributed by atoms with van der Waals surface area (Å²) in [5, 5.41) is 3.93. The number of likely N-dealkylation sites (tertiary alicyclic amines) is 1. The average Bonchev–Trinajstić information content (AvgIpc) is 2.87. The van der Waals surface area contributed by atoms with E-state index < -0.39 is 0 Å². The van der Waals surface area contributed by atoms with Crippen molar-refractivity contribution in [1.29, 1.82) is 0 Å². The lowest BCUT2D eigenvalue weighted by Crippen LogP contribution is -2.36. The van der Waals surface area contributed by atoms with Gasteiger partial charge in [-0.3, -0.25) is 4.90 Å². The van der Waals surface area contributed by atoms with Crippen LogP contribution >= 0.6 is 0 Å². The fourth-order valence-electron chi connectivity index (χ4n) is 2.54. The largest absolute Gasteiger partial charge is 0.361 e. The molecular formula is C12H21N3O. The third-order valence-corrected chi connectivity index (χ3v) is 3.34. The van der Waals surface area contributed by atoms with E-state index in [1.54, 1.807) is 0 Å². The quantitative estimate of drug-likeness (QED) is 0.841. The zero-order valence-corrected chi connectivity index (χ0v) is 10.1. The van der Waals surface area contributed by atoms with Crippen molar-refractivity contribution in [1.82, 2.24) is 10.1 Å². The maximum atomic E-state index is 5.51. The van der Waals surface area contributed by atoms with Gasteiger partial charge in [-0.1, -0.05) is 5.16 Å². The van der Waals surface area contributed by atoms with Crippen molar-refractivity contribution in [2.75, 3.05) is 6.54 Å². The zero-order chi connectivity index (χ0) is 11.5. The summed E-state index contributed by atoms with van der Waals surface area (Å²) in [6, 6.07) is 3.21. The minimum atomic E-state index is 0.460. The molecule has 0 amide bonds. The van der Waals surface area contributed by atoms with Crippen LogP contribution in [0.5, 0.6) is 0 Å². The molecule has 0 aromatic carbocycles. The van der Waals surface area contributed by atoms with Gasteiger partial charge < -0.3 is 10.3 Å². The first-order chi connectivity index (χ1) is 7.70. The maximum Gasteiger partial charge on any atom is 0.138 e. The second kappa shape index (κ2) is 4.97. The van der Waals surface area contributed by atoms with Gasteiger partial charge in [0.15, 0.2) is 0 Å². The van der Waals surface area contributed by atoms with Crippen LogP contribution in [0.25, 0.3) is 0 Å². The van der Waals surface area contributed by atoms with Crippen LogP contribution in [-0.2, 0) is 13.0 Å². The lowest BCUT2D eigenvalue weighted by atomic mass is 10.1. The molecule has 1 fully saturated rings. The molecule has 2 heterocycles. The first-order valence-corrected chi connectivity index (χ1v) is 6.11. The normalized spacial score (nSPS) is 22.1. The van der Waals surface area contributed by atoms with Crippen molar-refractivity contribution in [3.8, 4) is 0 Å². The zero-order valence-electron chi connectivity index (χ0n) is 10.1. The molecule has 1 unspecified atom stereocenters. The van der Waals surface area contributed by atoms with Gasteiger partial charge >= 0.3 is 0 Å². The Bertz CT molecular complexity index is 335. The molecule has 0 bridgehead atoms. The average molecular weight is 223 g/mol. The van der Waals surface area contributed by atoms with Gasteiger partial charge in [-0.15, -0.1) is 0 Å². The maximum absolute atomic E-state index is 5.51. The minimum absolute atomic E-state index is 0.460. The van der Waals surface area contributed by atoms with Gasteiger partial charge in [0.2, 0.25) is 0 Å². The second-order valence-electron chi connectivity index (χ2n) is 4.82. The van der Waals surface area contributed by atoms with Crippen molar-refractivity contribution in [2.45, 2.75) is 51.7 Å². The van der Waals surface area contributed by atoms with Gasteiger partial charge in [0, 0.05) is 31.1 Å². The minimum Gasteiger partial charge on any atom is -0.361 e. The third kappa shape index (κ3) is 2.44. The third-order valence-electron chi connectivity index (χ3n) is 3.34. The number of nitrogens with two attached hydrogens (primary N) is 1. The summed E-state index contributed by atoms with van der Waals surface area (Å²) in [6.07, 6.45) is 3.52. The molecule has 4 heteroatoms. The molecule has 16 heavy (non-hydrogen) atoms. The van der Waals surface area contributed by atoms with Gasteiger partial charge in [0.05, 0.1) is 5.69 Å². The first-order valence-electron chi connectivity index (χ1n) is 6.11. The van der Waals surface area contributed by atoms with E-state index >= 15 is 0 Å². The van der Waals surface area contributed by atoms with Crippen LogP contribution in [0, 0.1) is 0 Å². The molecular weight excluding hydrogens is 202 g/mol. The van der Waals surface area contributed by atoms with Crippen molar-refractivity contribution in [2.24, 2.45) is 5.73 Å². The number of hydrogen-bond donors (Lipinski definition) is 1. The monoisotopic (exact) mass is 223 g/mol. The fraction of sp³-hybridized carbons (Fsp3) is 0.750. The van der Waals surface area contributed by atoms with Crippen LogP contribution in [0.4, 0.5) is 0 Å². The second-order valence-corrected chi connectivity index (χ2v) is 4.82. The highest BCUT2D eigenvalue weighted by atomic mass is 16.5. The van der Waals surface area contributed by atoms with Gasteiger partial charge in [-0.25, -0.2) is 0 Å². The summed E-state index contributed by atoms with van der Waals surface area (Å²) < 4.78 is 5.29. The van der Waals surface area contributed by atoms with Crippen LogP contribution in [0.3, 0.4) is 0 Å². The van der Waals surface area contributed by atoms with E-state index in [0.29, 0.717) is 18.6 Å².